The molecule has 0 fully saturated rings. The first kappa shape index (κ1) is 35.7. The van der Waals surface area contributed by atoms with Crippen molar-refractivity contribution < 1.29 is 5.11 Å². The van der Waals surface area contributed by atoms with Crippen LogP contribution in [-0.2, 0) is 0 Å². The van der Waals surface area contributed by atoms with E-state index in [9.17, 15) is 5.11 Å². The Morgan fingerprint density at radius 3 is 1.46 bits per heavy atom. The first-order valence-electron chi connectivity index (χ1n) is 21.2. The second-order valence-corrected chi connectivity index (χ2v) is 17.4. The molecule has 2 heteroatoms. The molecule has 1 N–H and O–H groups in total. The van der Waals surface area contributed by atoms with Crippen LogP contribution in [0.1, 0.15) is 30.9 Å². The fraction of sp³-hybridized carbons (Fsp3) is 0.0508. The molecule has 0 spiro atoms. The summed E-state index contributed by atoms with van der Waals surface area (Å²) in [5, 5.41) is 24.6. The molecule has 1 aliphatic rings. The molecule has 0 unspecified atom stereocenters. The molecule has 288 valence electrons. The van der Waals surface area contributed by atoms with E-state index in [1.165, 1.54) is 102 Å². The number of allylic oxidation sites excluding steroid dienone is 4. The van der Waals surface area contributed by atoms with Gasteiger partial charge in [0.25, 0.3) is 0 Å². The molecule has 0 bridgehead atoms. The maximum absolute atomic E-state index is 12.4. The van der Waals surface area contributed by atoms with Gasteiger partial charge in [0.15, 0.2) is 0 Å². The fourth-order valence-electron chi connectivity index (χ4n) is 10.5. The molecule has 1 aromatic heterocycles. The van der Waals surface area contributed by atoms with Crippen LogP contribution in [0.5, 0.6) is 5.75 Å². The standard InChI is InChI=1S/C59H40OS/c1-36-18-15-31-48(55-41-24-7-5-22-39(41)54(37-19-3-2-4-20-37)40-23-6-8-25-42(40)55)53(36)58-49(32-17-34-51(58)60)56-43-26-9-11-28-45(43)57(46-29-12-10-27-44(46)56)50-33-16-30-47-38-21-13-14-35-52(38)61-59(47)50/h2-14,16-17,19-35,60H,15,18H2,1H3. The third-order valence-corrected chi connectivity index (χ3v) is 14.2. The van der Waals surface area contributed by atoms with E-state index in [1.54, 1.807) is 0 Å². The average molecular weight is 797 g/mol. The molecule has 12 rings (SSSR count). The zero-order valence-electron chi connectivity index (χ0n) is 33.7. The molecule has 0 atom stereocenters. The maximum Gasteiger partial charge on any atom is 0.124 e. The van der Waals surface area contributed by atoms with Gasteiger partial charge >= 0.3 is 0 Å². The number of aromatic hydroxyl groups is 1. The van der Waals surface area contributed by atoms with Crippen molar-refractivity contribution >= 4 is 85.7 Å². The summed E-state index contributed by atoms with van der Waals surface area (Å²) in [5.41, 5.74) is 12.8. The van der Waals surface area contributed by atoms with Crippen molar-refractivity contribution in [3.05, 3.63) is 211 Å². The van der Waals surface area contributed by atoms with Crippen LogP contribution in [0.2, 0.25) is 0 Å². The number of rotatable bonds is 5. The number of benzene rings is 10. The lowest BCUT2D eigenvalue weighted by molar-refractivity contribution is 0.474. The highest BCUT2D eigenvalue weighted by molar-refractivity contribution is 7.26. The maximum atomic E-state index is 12.4. The van der Waals surface area contributed by atoms with Gasteiger partial charge in [-0.3, -0.25) is 0 Å². The Morgan fingerprint density at radius 2 is 0.852 bits per heavy atom. The van der Waals surface area contributed by atoms with Crippen molar-refractivity contribution in [1.29, 1.82) is 0 Å². The molecule has 0 amide bonds. The number of fused-ring (bicyclic) bond motifs is 7. The minimum atomic E-state index is 0.293. The summed E-state index contributed by atoms with van der Waals surface area (Å²) in [6.45, 7) is 2.27. The molecular formula is C59H40OS. The smallest absolute Gasteiger partial charge is 0.124 e. The number of phenolic OH excluding ortho intramolecular Hbond substituents is 1. The van der Waals surface area contributed by atoms with Crippen molar-refractivity contribution in [3.63, 3.8) is 0 Å². The molecule has 0 radical (unpaired) electrons. The monoisotopic (exact) mass is 796 g/mol. The Hall–Kier alpha value is -7.26. The summed E-state index contributed by atoms with van der Waals surface area (Å²) >= 11 is 1.88. The van der Waals surface area contributed by atoms with Crippen molar-refractivity contribution in [2.75, 3.05) is 0 Å². The second kappa shape index (κ2) is 14.2. The van der Waals surface area contributed by atoms with Crippen LogP contribution in [0.25, 0.3) is 108 Å². The number of thiophene rings is 1. The van der Waals surface area contributed by atoms with E-state index in [4.69, 9.17) is 0 Å². The van der Waals surface area contributed by atoms with Crippen LogP contribution in [-0.4, -0.2) is 5.11 Å². The van der Waals surface area contributed by atoms with Crippen LogP contribution < -0.4 is 0 Å². The van der Waals surface area contributed by atoms with E-state index in [-0.39, 0.29) is 0 Å². The molecule has 0 aliphatic heterocycles. The van der Waals surface area contributed by atoms with E-state index in [0.717, 1.165) is 35.1 Å². The lowest BCUT2D eigenvalue weighted by Gasteiger charge is -2.27. The predicted octanol–water partition coefficient (Wildman–Crippen LogP) is 17.0. The Balaban J connectivity index is 1.15. The Labute approximate surface area is 358 Å². The van der Waals surface area contributed by atoms with Gasteiger partial charge in [0.05, 0.1) is 0 Å². The van der Waals surface area contributed by atoms with Gasteiger partial charge in [0, 0.05) is 31.3 Å². The molecule has 10 aromatic carbocycles. The average Bonchev–Trinajstić information content (AvgIpc) is 3.70. The molecule has 61 heavy (non-hydrogen) atoms. The number of hydrogen-bond donors (Lipinski definition) is 1. The van der Waals surface area contributed by atoms with E-state index < -0.39 is 0 Å². The van der Waals surface area contributed by atoms with E-state index in [1.807, 2.05) is 23.5 Å². The van der Waals surface area contributed by atoms with Crippen LogP contribution in [0.15, 0.2) is 200 Å². The number of hydrogen-bond acceptors (Lipinski definition) is 2. The van der Waals surface area contributed by atoms with Crippen molar-refractivity contribution in [1.82, 2.24) is 0 Å². The summed E-state index contributed by atoms with van der Waals surface area (Å²) in [4.78, 5) is 0. The predicted molar refractivity (Wildman–Crippen MR) is 264 cm³/mol. The Kier molecular flexibility index (Phi) is 8.30. The molecule has 1 nitrogen and oxygen atoms in total. The SMILES string of the molecule is CC1=C(c2c(O)cccc2-c2c3ccccc3c(-c3cccc4c3sc3ccccc34)c3ccccc23)C(c2c3ccccc3c(-c3ccccc3)c3ccccc23)=CCC1. The lowest BCUT2D eigenvalue weighted by Crippen LogP contribution is -2.04. The first-order valence-corrected chi connectivity index (χ1v) is 22.0. The van der Waals surface area contributed by atoms with Crippen LogP contribution in [0.4, 0.5) is 0 Å². The summed E-state index contributed by atoms with van der Waals surface area (Å²) < 4.78 is 2.61. The molecule has 0 saturated carbocycles. The molecule has 11 aromatic rings. The van der Waals surface area contributed by atoms with E-state index in [0.29, 0.717) is 5.75 Å². The third-order valence-electron chi connectivity index (χ3n) is 13.0. The minimum absolute atomic E-state index is 0.293. The summed E-state index contributed by atoms with van der Waals surface area (Å²) in [6.07, 6.45) is 4.28. The van der Waals surface area contributed by atoms with Gasteiger partial charge in [0.2, 0.25) is 0 Å². The first-order chi connectivity index (χ1) is 30.2. The Morgan fingerprint density at radius 1 is 0.393 bits per heavy atom. The van der Waals surface area contributed by atoms with Crippen molar-refractivity contribution in [3.8, 4) is 39.1 Å². The van der Waals surface area contributed by atoms with Gasteiger partial charge < -0.3 is 5.11 Å². The highest BCUT2D eigenvalue weighted by Gasteiger charge is 2.28. The van der Waals surface area contributed by atoms with Gasteiger partial charge in [-0.05, 0) is 120 Å². The quantitative estimate of drug-likeness (QED) is 0.172. The number of phenols is 1. The molecule has 1 heterocycles. The van der Waals surface area contributed by atoms with Gasteiger partial charge in [-0.2, -0.15) is 0 Å². The highest BCUT2D eigenvalue weighted by Crippen LogP contribution is 2.54. The zero-order valence-corrected chi connectivity index (χ0v) is 34.6. The Bertz CT molecular complexity index is 3540. The minimum Gasteiger partial charge on any atom is -0.507 e. The van der Waals surface area contributed by atoms with Crippen LogP contribution in [0, 0.1) is 0 Å². The third kappa shape index (κ3) is 5.46. The van der Waals surface area contributed by atoms with Gasteiger partial charge in [-0.1, -0.05) is 188 Å². The van der Waals surface area contributed by atoms with Gasteiger partial charge in [-0.15, -0.1) is 11.3 Å². The molecule has 0 saturated heterocycles. The van der Waals surface area contributed by atoms with Gasteiger partial charge in [-0.25, -0.2) is 0 Å². The zero-order chi connectivity index (χ0) is 40.6. The largest absolute Gasteiger partial charge is 0.507 e. The van der Waals surface area contributed by atoms with Crippen LogP contribution in [0.3, 0.4) is 0 Å². The van der Waals surface area contributed by atoms with Crippen LogP contribution >= 0.6 is 11.3 Å². The highest BCUT2D eigenvalue weighted by atomic mass is 32.1. The lowest BCUT2D eigenvalue weighted by atomic mass is 9.76. The van der Waals surface area contributed by atoms with Crippen molar-refractivity contribution in [2.45, 2.75) is 19.8 Å². The summed E-state index contributed by atoms with van der Waals surface area (Å²) in [7, 11) is 0. The summed E-state index contributed by atoms with van der Waals surface area (Å²) in [5.74, 6) is 0.293. The fourth-order valence-corrected chi connectivity index (χ4v) is 11.7. The molecule has 1 aliphatic carbocycles. The van der Waals surface area contributed by atoms with Gasteiger partial charge in [0.1, 0.15) is 5.75 Å². The second-order valence-electron chi connectivity index (χ2n) is 16.3. The topological polar surface area (TPSA) is 20.2 Å². The summed E-state index contributed by atoms with van der Waals surface area (Å²) in [6, 6.07) is 68.0. The molecular weight excluding hydrogens is 757 g/mol. The normalized spacial score (nSPS) is 13.3. The van der Waals surface area contributed by atoms with E-state index >= 15 is 0 Å². The van der Waals surface area contributed by atoms with E-state index in [2.05, 4.69) is 189 Å². The van der Waals surface area contributed by atoms with Crippen molar-refractivity contribution in [2.24, 2.45) is 0 Å².